The van der Waals surface area contributed by atoms with Crippen LogP contribution in [0.3, 0.4) is 0 Å². The molecule has 5 aliphatic rings. The van der Waals surface area contributed by atoms with E-state index in [2.05, 4.69) is 55.4 Å². The van der Waals surface area contributed by atoms with Crippen LogP contribution in [0.5, 0.6) is 0 Å². The maximum Gasteiger partial charge on any atom is 0.254 e. The molecule has 0 aromatic heterocycles. The molecule has 0 spiro atoms. The van der Waals surface area contributed by atoms with Crippen LogP contribution in [-0.2, 0) is 13.0 Å². The van der Waals surface area contributed by atoms with Crippen molar-refractivity contribution < 1.29 is 4.79 Å². The lowest BCUT2D eigenvalue weighted by Gasteiger charge is -2.61. The molecule has 214 valence electrons. The Kier molecular flexibility index (Phi) is 7.56. The van der Waals surface area contributed by atoms with E-state index >= 15 is 0 Å². The first-order valence-corrected chi connectivity index (χ1v) is 15.5. The molecule has 2 aromatic rings. The monoisotopic (exact) mass is 581 g/mol. The second-order valence-corrected chi connectivity index (χ2v) is 13.8. The van der Waals surface area contributed by atoms with Crippen LogP contribution < -0.4 is 10.6 Å². The lowest BCUT2D eigenvalue weighted by Crippen LogP contribution is -2.57. The average Bonchev–Trinajstić information content (AvgIpc) is 3.23. The number of amides is 1. The Labute approximate surface area is 248 Å². The van der Waals surface area contributed by atoms with E-state index in [-0.39, 0.29) is 5.91 Å². The molecule has 0 unspecified atom stereocenters. The normalized spacial score (nSPS) is 29.3. The Morgan fingerprint density at radius 1 is 1.15 bits per heavy atom. The minimum atomic E-state index is 0.0706. The van der Waals surface area contributed by atoms with E-state index in [0.717, 1.165) is 66.2 Å². The Hall–Kier alpha value is -2.28. The summed E-state index contributed by atoms with van der Waals surface area (Å²) in [6.45, 7) is 13.5. The first kappa shape index (κ1) is 27.9. The number of anilines is 1. The fourth-order valence-corrected chi connectivity index (χ4v) is 8.00. The van der Waals surface area contributed by atoms with Crippen LogP contribution in [0.2, 0.25) is 10.0 Å². The summed E-state index contributed by atoms with van der Waals surface area (Å²) in [5, 5.41) is 8.49. The van der Waals surface area contributed by atoms with E-state index in [1.54, 1.807) is 6.07 Å². The smallest absolute Gasteiger partial charge is 0.254 e. The average molecular weight is 583 g/mol. The maximum absolute atomic E-state index is 13.4. The van der Waals surface area contributed by atoms with Gasteiger partial charge in [0, 0.05) is 60.1 Å². The Bertz CT molecular complexity index is 1330. The lowest BCUT2D eigenvalue weighted by molar-refractivity contribution is -0.108. The van der Waals surface area contributed by atoms with Crippen LogP contribution in [0.4, 0.5) is 5.69 Å². The van der Waals surface area contributed by atoms with Crippen LogP contribution in [0.15, 0.2) is 41.4 Å². The van der Waals surface area contributed by atoms with Crippen molar-refractivity contribution in [1.29, 1.82) is 0 Å². The number of nitrogens with zero attached hydrogens (tertiary/aromatic N) is 3. The predicted octanol–water partition coefficient (Wildman–Crippen LogP) is 6.32. The van der Waals surface area contributed by atoms with Crippen molar-refractivity contribution in [3.05, 3.63) is 63.1 Å². The number of piperazine rings is 1. The predicted molar refractivity (Wildman–Crippen MR) is 164 cm³/mol. The summed E-state index contributed by atoms with van der Waals surface area (Å²) in [7, 11) is 0. The van der Waals surface area contributed by atoms with E-state index in [9.17, 15) is 4.79 Å². The minimum Gasteiger partial charge on any atom is -0.340 e. The molecule has 4 fully saturated rings. The molecular formula is C32H41Cl2N5O. The number of hydrogen-bond acceptors (Lipinski definition) is 3. The molecule has 2 aromatic carbocycles. The van der Waals surface area contributed by atoms with Crippen molar-refractivity contribution in [2.75, 3.05) is 31.5 Å². The van der Waals surface area contributed by atoms with Gasteiger partial charge in [0.25, 0.3) is 5.91 Å². The molecule has 1 saturated heterocycles. The Morgan fingerprint density at radius 2 is 1.98 bits per heavy atom. The molecule has 40 heavy (non-hydrogen) atoms. The number of carbonyl (C=O) groups is 1. The van der Waals surface area contributed by atoms with E-state index in [1.165, 1.54) is 6.42 Å². The van der Waals surface area contributed by atoms with E-state index < -0.39 is 0 Å². The number of guanidine groups is 1. The number of halogens is 2. The summed E-state index contributed by atoms with van der Waals surface area (Å²) in [4.78, 5) is 23.1. The van der Waals surface area contributed by atoms with Crippen molar-refractivity contribution in [3.8, 4) is 0 Å². The summed E-state index contributed by atoms with van der Waals surface area (Å²) in [5.41, 5.74) is 4.20. The van der Waals surface area contributed by atoms with Crippen LogP contribution in [0.1, 0.15) is 62.0 Å². The number of carbonyl (C=O) groups excluding carboxylic acids is 1. The zero-order chi connectivity index (χ0) is 28.2. The van der Waals surface area contributed by atoms with Crippen molar-refractivity contribution in [3.63, 3.8) is 0 Å². The molecule has 2 N–H and O–H groups in total. The van der Waals surface area contributed by atoms with Crippen molar-refractivity contribution in [2.24, 2.45) is 28.2 Å². The number of aliphatic imine (C=N–C) groups is 1. The van der Waals surface area contributed by atoms with Gasteiger partial charge in [0.05, 0.1) is 6.04 Å². The van der Waals surface area contributed by atoms with Gasteiger partial charge in [-0.1, -0.05) is 56.1 Å². The summed E-state index contributed by atoms with van der Waals surface area (Å²) in [6, 6.07) is 12.5. The fourth-order valence-electron chi connectivity index (χ4n) is 7.50. The number of rotatable bonds is 5. The molecule has 3 aliphatic carbocycles. The Balaban J connectivity index is 1.19. The summed E-state index contributed by atoms with van der Waals surface area (Å²) in [6.07, 6.45) is 3.20. The molecule has 2 heterocycles. The maximum atomic E-state index is 13.4. The summed E-state index contributed by atoms with van der Waals surface area (Å²) in [5.74, 6) is 3.10. The van der Waals surface area contributed by atoms with Crippen LogP contribution in [0.25, 0.3) is 0 Å². The standard InChI is InChI=1S/C32H41Cl2N5O/c1-19-17-39(12-10-35-19)31(37-29-14-23-13-27(20(29)2)32(23,3)4)36-25-8-6-22-18-38(30(40)26(22)16-25)11-9-21-5-7-24(33)15-28(21)34/h5-8,15-16,19-20,23,27,29,35H,9-14,17-18H2,1-4H3,(H,36,37)/t19-,20+,23-,27-,29-/m0/s1. The molecule has 2 aliphatic heterocycles. The van der Waals surface area contributed by atoms with Gasteiger partial charge in [-0.05, 0) is 84.7 Å². The molecule has 7 rings (SSSR count). The van der Waals surface area contributed by atoms with E-state index in [1.807, 2.05) is 23.1 Å². The Morgan fingerprint density at radius 3 is 2.70 bits per heavy atom. The van der Waals surface area contributed by atoms with Crippen molar-refractivity contribution in [2.45, 2.75) is 65.6 Å². The largest absolute Gasteiger partial charge is 0.340 e. The number of benzene rings is 2. The van der Waals surface area contributed by atoms with Gasteiger partial charge in [-0.2, -0.15) is 0 Å². The summed E-state index contributed by atoms with van der Waals surface area (Å²) < 4.78 is 0. The van der Waals surface area contributed by atoms with Crippen LogP contribution >= 0.6 is 23.2 Å². The topological polar surface area (TPSA) is 60.0 Å². The highest BCUT2D eigenvalue weighted by Crippen LogP contribution is 2.61. The zero-order valence-corrected chi connectivity index (χ0v) is 25.5. The second-order valence-electron chi connectivity index (χ2n) is 13.0. The van der Waals surface area contributed by atoms with Gasteiger partial charge in [0.2, 0.25) is 0 Å². The van der Waals surface area contributed by atoms with Crippen LogP contribution in [0, 0.1) is 23.2 Å². The molecule has 1 amide bonds. The number of fused-ring (bicyclic) bond motifs is 3. The van der Waals surface area contributed by atoms with Gasteiger partial charge >= 0.3 is 0 Å². The van der Waals surface area contributed by atoms with Crippen LogP contribution in [-0.4, -0.2) is 59.9 Å². The first-order chi connectivity index (χ1) is 19.1. The van der Waals surface area contributed by atoms with Gasteiger partial charge in [0.1, 0.15) is 0 Å². The number of nitrogens with one attached hydrogen (secondary N) is 2. The quantitative estimate of drug-likeness (QED) is 0.320. The van der Waals surface area contributed by atoms with Gasteiger partial charge in [0.15, 0.2) is 5.96 Å². The SMILES string of the molecule is C[C@H]1[C@@H](N=C(Nc2ccc3c(c2)C(=O)N(CCc2ccc(Cl)cc2Cl)C3)N2CCN[C@@H](C)C2)C[C@@H]2C[C@@H]1C2(C)C. The highest BCUT2D eigenvalue weighted by Gasteiger charge is 2.56. The lowest BCUT2D eigenvalue weighted by atomic mass is 9.45. The summed E-state index contributed by atoms with van der Waals surface area (Å²) >= 11 is 12.4. The van der Waals surface area contributed by atoms with Gasteiger partial charge in [-0.3, -0.25) is 4.79 Å². The van der Waals surface area contributed by atoms with E-state index in [4.69, 9.17) is 28.2 Å². The molecule has 2 bridgehead atoms. The molecule has 0 radical (unpaired) electrons. The highest BCUT2D eigenvalue weighted by molar-refractivity contribution is 6.35. The third-order valence-corrected chi connectivity index (χ3v) is 10.8. The molecule has 5 atom stereocenters. The first-order valence-electron chi connectivity index (χ1n) is 14.8. The molecular weight excluding hydrogens is 541 g/mol. The van der Waals surface area contributed by atoms with Gasteiger partial charge in [-0.25, -0.2) is 4.99 Å². The minimum absolute atomic E-state index is 0.0706. The van der Waals surface area contributed by atoms with Gasteiger partial charge in [-0.15, -0.1) is 0 Å². The highest BCUT2D eigenvalue weighted by atomic mass is 35.5. The van der Waals surface area contributed by atoms with Crippen molar-refractivity contribution >= 4 is 40.8 Å². The third-order valence-electron chi connectivity index (χ3n) is 10.2. The zero-order valence-electron chi connectivity index (χ0n) is 24.0. The molecule has 6 nitrogen and oxygen atoms in total. The molecule has 3 saturated carbocycles. The number of hydrogen-bond donors (Lipinski definition) is 2. The molecule has 8 heteroatoms. The second kappa shape index (κ2) is 10.8. The third kappa shape index (κ3) is 5.23. The van der Waals surface area contributed by atoms with Gasteiger partial charge < -0.3 is 20.4 Å². The fraction of sp³-hybridized carbons (Fsp3) is 0.562. The van der Waals surface area contributed by atoms with Crippen molar-refractivity contribution in [1.82, 2.24) is 15.1 Å². The van der Waals surface area contributed by atoms with E-state index in [0.29, 0.717) is 53.0 Å².